The Morgan fingerprint density at radius 3 is 2.55 bits per heavy atom. The number of amides is 1. The first kappa shape index (κ1) is 17.1. The summed E-state index contributed by atoms with van der Waals surface area (Å²) < 4.78 is 28.9. The molecule has 0 spiro atoms. The van der Waals surface area contributed by atoms with Crippen molar-refractivity contribution >= 4 is 27.3 Å². The molecule has 1 heterocycles. The van der Waals surface area contributed by atoms with Crippen LogP contribution in [0.3, 0.4) is 0 Å². The van der Waals surface area contributed by atoms with E-state index in [-0.39, 0.29) is 23.5 Å². The molecule has 1 atom stereocenters. The van der Waals surface area contributed by atoms with Crippen LogP contribution in [0.15, 0.2) is 24.3 Å². The maximum absolute atomic E-state index is 12.4. The van der Waals surface area contributed by atoms with Crippen LogP contribution in [0.1, 0.15) is 26.7 Å². The summed E-state index contributed by atoms with van der Waals surface area (Å²) in [5, 5.41) is 3.36. The van der Waals surface area contributed by atoms with Gasteiger partial charge in [-0.15, -0.1) is 0 Å². The number of ether oxygens (including phenoxy) is 1. The Morgan fingerprint density at radius 1 is 1.32 bits per heavy atom. The monoisotopic (exact) mass is 345 g/mol. The number of rotatable bonds is 4. The molecule has 7 heteroatoms. The molecule has 1 aromatic rings. The fourth-order valence-electron chi connectivity index (χ4n) is 2.34. The van der Waals surface area contributed by atoms with Gasteiger partial charge in [-0.25, -0.2) is 8.42 Å². The normalized spacial score (nSPS) is 21.1. The van der Waals surface area contributed by atoms with Gasteiger partial charge in [-0.2, -0.15) is 0 Å². The van der Waals surface area contributed by atoms with Crippen LogP contribution < -0.4 is 10.1 Å². The third-order valence-corrected chi connectivity index (χ3v) is 5.60. The van der Waals surface area contributed by atoms with E-state index in [0.29, 0.717) is 23.6 Å². The van der Waals surface area contributed by atoms with Gasteiger partial charge in [-0.3, -0.25) is 4.79 Å². The van der Waals surface area contributed by atoms with Gasteiger partial charge in [-0.05, 0) is 51.0 Å². The largest absolute Gasteiger partial charge is 0.478 e. The van der Waals surface area contributed by atoms with Crippen molar-refractivity contribution in [3.05, 3.63) is 29.3 Å². The quantitative estimate of drug-likeness (QED) is 0.907. The Morgan fingerprint density at radius 2 is 1.95 bits per heavy atom. The maximum atomic E-state index is 12.4. The molecule has 5 nitrogen and oxygen atoms in total. The molecule has 0 unspecified atom stereocenters. The number of sulfone groups is 1. The minimum Gasteiger partial charge on any atom is -0.478 e. The smallest absolute Gasteiger partial charge is 0.263 e. The zero-order valence-corrected chi connectivity index (χ0v) is 14.2. The highest BCUT2D eigenvalue weighted by atomic mass is 35.5. The van der Waals surface area contributed by atoms with Crippen molar-refractivity contribution in [2.24, 2.45) is 0 Å². The third kappa shape index (κ3) is 4.61. The van der Waals surface area contributed by atoms with Crippen molar-refractivity contribution in [1.82, 2.24) is 5.32 Å². The van der Waals surface area contributed by atoms with E-state index < -0.39 is 15.4 Å². The number of carbonyl (C=O) groups is 1. The predicted octanol–water partition coefficient (Wildman–Crippen LogP) is 2.19. The van der Waals surface area contributed by atoms with Crippen LogP contribution in [-0.2, 0) is 14.6 Å². The Balaban J connectivity index is 1.99. The van der Waals surface area contributed by atoms with Gasteiger partial charge in [0, 0.05) is 11.1 Å². The number of halogens is 1. The lowest BCUT2D eigenvalue weighted by atomic mass is 10.1. The van der Waals surface area contributed by atoms with Crippen LogP contribution in [-0.4, -0.2) is 37.5 Å². The summed E-state index contributed by atoms with van der Waals surface area (Å²) in [5.41, 5.74) is -1.10. The third-order valence-electron chi connectivity index (χ3n) is 3.53. The molecule has 1 saturated heterocycles. The second-order valence-electron chi connectivity index (χ2n) is 5.99. The summed E-state index contributed by atoms with van der Waals surface area (Å²) in [6.07, 6.45) is 1.24. The van der Waals surface area contributed by atoms with Gasteiger partial charge in [-0.1, -0.05) is 11.6 Å². The molecule has 122 valence electrons. The molecule has 2 rings (SSSR count). The van der Waals surface area contributed by atoms with Crippen LogP contribution in [0.4, 0.5) is 0 Å². The van der Waals surface area contributed by atoms with Crippen molar-refractivity contribution in [3.8, 4) is 5.75 Å². The van der Waals surface area contributed by atoms with Crippen molar-refractivity contribution in [3.63, 3.8) is 0 Å². The Hall–Kier alpha value is -1.27. The van der Waals surface area contributed by atoms with E-state index in [1.807, 2.05) is 0 Å². The lowest BCUT2D eigenvalue weighted by Crippen LogP contribution is -2.52. The molecule has 1 aliphatic rings. The zero-order valence-electron chi connectivity index (χ0n) is 12.6. The van der Waals surface area contributed by atoms with E-state index in [4.69, 9.17) is 16.3 Å². The second kappa shape index (κ2) is 6.46. The van der Waals surface area contributed by atoms with Crippen LogP contribution in [0.5, 0.6) is 5.75 Å². The van der Waals surface area contributed by atoms with Crippen LogP contribution in [0, 0.1) is 0 Å². The summed E-state index contributed by atoms with van der Waals surface area (Å²) in [7, 11) is -3.06. The predicted molar refractivity (Wildman–Crippen MR) is 86.0 cm³/mol. The number of benzene rings is 1. The molecule has 1 aromatic carbocycles. The van der Waals surface area contributed by atoms with Gasteiger partial charge in [0.1, 0.15) is 5.75 Å². The van der Waals surface area contributed by atoms with Crippen LogP contribution >= 0.6 is 11.6 Å². The Labute approximate surface area is 135 Å². The minimum atomic E-state index is -3.06. The molecule has 0 saturated carbocycles. The standard InChI is InChI=1S/C15H20ClNO4S/c1-15(2,21-13-7-5-11(16)6-8-13)14(18)17-12-4-3-9-22(19,20)10-12/h5-8,12H,3-4,9-10H2,1-2H3,(H,17,18)/t12-/m1/s1. The Bertz CT molecular complexity index is 640. The summed E-state index contributed by atoms with van der Waals surface area (Å²) in [6.45, 7) is 3.29. The number of hydrogen-bond donors (Lipinski definition) is 1. The molecule has 1 N–H and O–H groups in total. The molecular formula is C15H20ClNO4S. The van der Waals surface area contributed by atoms with Crippen LogP contribution in [0.25, 0.3) is 0 Å². The summed E-state index contributed by atoms with van der Waals surface area (Å²) in [6, 6.07) is 6.38. The summed E-state index contributed by atoms with van der Waals surface area (Å²) in [5.74, 6) is 0.394. The first-order chi connectivity index (χ1) is 10.2. The van der Waals surface area contributed by atoms with Gasteiger partial charge in [0.05, 0.1) is 11.5 Å². The molecule has 0 aromatic heterocycles. The van der Waals surface area contributed by atoms with Gasteiger partial charge < -0.3 is 10.1 Å². The molecule has 1 amide bonds. The van der Waals surface area contributed by atoms with E-state index in [9.17, 15) is 13.2 Å². The van der Waals surface area contributed by atoms with Gasteiger partial charge in [0.25, 0.3) is 5.91 Å². The van der Waals surface area contributed by atoms with Crippen molar-refractivity contribution in [1.29, 1.82) is 0 Å². The molecule has 1 aliphatic heterocycles. The first-order valence-corrected chi connectivity index (χ1v) is 9.34. The number of nitrogens with one attached hydrogen (secondary N) is 1. The molecule has 0 radical (unpaired) electrons. The highest BCUT2D eigenvalue weighted by Crippen LogP contribution is 2.21. The van der Waals surface area contributed by atoms with Crippen molar-refractivity contribution in [2.75, 3.05) is 11.5 Å². The van der Waals surface area contributed by atoms with Crippen molar-refractivity contribution < 1.29 is 17.9 Å². The molecule has 0 bridgehead atoms. The van der Waals surface area contributed by atoms with E-state index in [0.717, 1.165) is 0 Å². The van der Waals surface area contributed by atoms with E-state index in [2.05, 4.69) is 5.32 Å². The van der Waals surface area contributed by atoms with Crippen molar-refractivity contribution in [2.45, 2.75) is 38.3 Å². The fraction of sp³-hybridized carbons (Fsp3) is 0.533. The second-order valence-corrected chi connectivity index (χ2v) is 8.66. The summed E-state index contributed by atoms with van der Waals surface area (Å²) in [4.78, 5) is 12.4. The van der Waals surface area contributed by atoms with E-state index in [1.54, 1.807) is 38.1 Å². The summed E-state index contributed by atoms with van der Waals surface area (Å²) >= 11 is 5.81. The van der Waals surface area contributed by atoms with Gasteiger partial charge in [0.2, 0.25) is 0 Å². The molecule has 0 aliphatic carbocycles. The topological polar surface area (TPSA) is 72.5 Å². The van der Waals surface area contributed by atoms with E-state index in [1.165, 1.54) is 0 Å². The lowest BCUT2D eigenvalue weighted by Gasteiger charge is -2.29. The lowest BCUT2D eigenvalue weighted by molar-refractivity contribution is -0.134. The van der Waals surface area contributed by atoms with Gasteiger partial charge >= 0.3 is 0 Å². The SMILES string of the molecule is CC(C)(Oc1ccc(Cl)cc1)C(=O)N[C@@H]1CCCS(=O)(=O)C1. The number of carbonyl (C=O) groups excluding carboxylic acids is 1. The average Bonchev–Trinajstić information content (AvgIpc) is 2.40. The first-order valence-electron chi connectivity index (χ1n) is 7.14. The highest BCUT2D eigenvalue weighted by molar-refractivity contribution is 7.91. The average molecular weight is 346 g/mol. The molecule has 22 heavy (non-hydrogen) atoms. The van der Waals surface area contributed by atoms with Gasteiger partial charge in [0.15, 0.2) is 15.4 Å². The van der Waals surface area contributed by atoms with Crippen LogP contribution in [0.2, 0.25) is 5.02 Å². The zero-order chi connectivity index (χ0) is 16.4. The number of hydrogen-bond acceptors (Lipinski definition) is 4. The fourth-order valence-corrected chi connectivity index (χ4v) is 4.10. The molecule has 1 fully saturated rings. The molecular weight excluding hydrogens is 326 g/mol. The van der Waals surface area contributed by atoms with E-state index >= 15 is 0 Å². The minimum absolute atomic E-state index is 0.00420. The maximum Gasteiger partial charge on any atom is 0.263 e. The highest BCUT2D eigenvalue weighted by Gasteiger charge is 2.34. The Kier molecular flexibility index (Phi) is 5.02.